The van der Waals surface area contributed by atoms with Crippen molar-refractivity contribution in [3.8, 4) is 0 Å². The topological polar surface area (TPSA) is 32.3 Å². The zero-order valence-corrected chi connectivity index (χ0v) is 7.72. The van der Waals surface area contributed by atoms with Crippen LogP contribution in [0, 0.1) is 11.3 Å². The minimum atomic E-state index is 0.280. The zero-order chi connectivity index (χ0) is 8.48. The van der Waals surface area contributed by atoms with Crippen LogP contribution >= 0.6 is 0 Å². The van der Waals surface area contributed by atoms with E-state index in [-0.39, 0.29) is 6.61 Å². The van der Waals surface area contributed by atoms with E-state index in [0.717, 1.165) is 6.54 Å². The van der Waals surface area contributed by atoms with Crippen molar-refractivity contribution < 1.29 is 5.11 Å². The molecule has 2 nitrogen and oxygen atoms in total. The minimum absolute atomic E-state index is 0.280. The predicted molar refractivity (Wildman–Crippen MR) is 46.4 cm³/mol. The number of rotatable bonds is 1. The average Bonchev–Trinajstić information content (AvgIpc) is 2.31. The molecule has 0 saturated carbocycles. The lowest BCUT2D eigenvalue weighted by molar-refractivity contribution is 0.156. The first kappa shape index (κ1) is 9.01. The Kier molecular flexibility index (Phi) is 2.55. The maximum Gasteiger partial charge on any atom is 0.0587 e. The average molecular weight is 157 g/mol. The van der Waals surface area contributed by atoms with Crippen LogP contribution in [0.4, 0.5) is 0 Å². The molecule has 1 heterocycles. The molecular weight excluding hydrogens is 138 g/mol. The van der Waals surface area contributed by atoms with E-state index < -0.39 is 0 Å². The monoisotopic (exact) mass is 157 g/mol. The molecule has 1 aliphatic heterocycles. The summed E-state index contributed by atoms with van der Waals surface area (Å²) in [5.41, 5.74) is 0.330. The first-order valence-corrected chi connectivity index (χ1v) is 4.40. The summed E-state index contributed by atoms with van der Waals surface area (Å²) in [6, 6.07) is 0.329. The van der Waals surface area contributed by atoms with Gasteiger partial charge in [0.25, 0.3) is 0 Å². The Balaban J connectivity index is 2.57. The molecule has 1 unspecified atom stereocenters. The molecule has 0 spiro atoms. The van der Waals surface area contributed by atoms with Gasteiger partial charge in [0, 0.05) is 6.04 Å². The lowest BCUT2D eigenvalue weighted by Crippen LogP contribution is -2.36. The Hall–Kier alpha value is -0.0800. The van der Waals surface area contributed by atoms with E-state index in [4.69, 9.17) is 5.11 Å². The Morgan fingerprint density at radius 2 is 2.09 bits per heavy atom. The first-order valence-electron chi connectivity index (χ1n) is 4.40. The van der Waals surface area contributed by atoms with E-state index in [1.54, 1.807) is 0 Å². The Morgan fingerprint density at radius 1 is 1.45 bits per heavy atom. The zero-order valence-electron chi connectivity index (χ0n) is 7.72. The van der Waals surface area contributed by atoms with E-state index in [9.17, 15) is 0 Å². The number of aliphatic hydroxyl groups is 1. The predicted octanol–water partition coefficient (Wildman–Crippen LogP) is 1.00. The third-order valence-corrected chi connectivity index (χ3v) is 2.66. The number of hydrogen-bond acceptors (Lipinski definition) is 2. The fourth-order valence-corrected chi connectivity index (χ4v) is 2.00. The molecule has 2 atom stereocenters. The molecule has 0 aromatic rings. The van der Waals surface area contributed by atoms with Crippen molar-refractivity contribution in [2.45, 2.75) is 33.2 Å². The summed E-state index contributed by atoms with van der Waals surface area (Å²) in [4.78, 5) is 0. The molecule has 66 valence electrons. The number of nitrogens with one attached hydrogen (secondary N) is 1. The molecular formula is C9H19NO. The second kappa shape index (κ2) is 3.11. The maximum absolute atomic E-state index is 9.04. The summed E-state index contributed by atoms with van der Waals surface area (Å²) < 4.78 is 0. The SMILES string of the molecule is CC(C)(C)C1CCN[C@@H]1CO. The molecule has 1 saturated heterocycles. The molecule has 2 heteroatoms. The lowest BCUT2D eigenvalue weighted by atomic mass is 9.76. The van der Waals surface area contributed by atoms with Gasteiger partial charge in [-0.2, -0.15) is 0 Å². The first-order chi connectivity index (χ1) is 5.05. The summed E-state index contributed by atoms with van der Waals surface area (Å²) in [5.74, 6) is 0.632. The van der Waals surface area contributed by atoms with Gasteiger partial charge in [0.1, 0.15) is 0 Å². The second-order valence-corrected chi connectivity index (χ2v) is 4.50. The van der Waals surface area contributed by atoms with Crippen molar-refractivity contribution in [3.63, 3.8) is 0 Å². The van der Waals surface area contributed by atoms with Gasteiger partial charge < -0.3 is 10.4 Å². The minimum Gasteiger partial charge on any atom is -0.395 e. The summed E-state index contributed by atoms with van der Waals surface area (Å²) in [7, 11) is 0. The highest BCUT2D eigenvalue weighted by Crippen LogP contribution is 2.33. The smallest absolute Gasteiger partial charge is 0.0587 e. The van der Waals surface area contributed by atoms with Crippen LogP contribution in [0.3, 0.4) is 0 Å². The highest BCUT2D eigenvalue weighted by Gasteiger charge is 2.34. The molecule has 0 bridgehead atoms. The second-order valence-electron chi connectivity index (χ2n) is 4.50. The lowest BCUT2D eigenvalue weighted by Gasteiger charge is -2.30. The third kappa shape index (κ3) is 1.94. The summed E-state index contributed by atoms with van der Waals surface area (Å²) in [5, 5.41) is 12.4. The maximum atomic E-state index is 9.04. The molecule has 0 aliphatic carbocycles. The molecule has 0 aromatic carbocycles. The van der Waals surface area contributed by atoms with Gasteiger partial charge in [-0.1, -0.05) is 20.8 Å². The van der Waals surface area contributed by atoms with Crippen molar-refractivity contribution in [2.24, 2.45) is 11.3 Å². The van der Waals surface area contributed by atoms with Gasteiger partial charge in [0.05, 0.1) is 6.61 Å². The van der Waals surface area contributed by atoms with Crippen molar-refractivity contribution >= 4 is 0 Å². The third-order valence-electron chi connectivity index (χ3n) is 2.66. The van der Waals surface area contributed by atoms with E-state index in [0.29, 0.717) is 17.4 Å². The van der Waals surface area contributed by atoms with Crippen molar-refractivity contribution in [1.29, 1.82) is 0 Å². The van der Waals surface area contributed by atoms with Gasteiger partial charge in [-0.25, -0.2) is 0 Å². The van der Waals surface area contributed by atoms with E-state index in [2.05, 4.69) is 26.1 Å². The van der Waals surface area contributed by atoms with Crippen LogP contribution in [-0.4, -0.2) is 24.3 Å². The fourth-order valence-electron chi connectivity index (χ4n) is 2.00. The standard InChI is InChI=1S/C9H19NO/c1-9(2,3)7-4-5-10-8(7)6-11/h7-8,10-11H,4-6H2,1-3H3/t7?,8-/m1/s1. The van der Waals surface area contributed by atoms with Gasteiger partial charge in [0.2, 0.25) is 0 Å². The van der Waals surface area contributed by atoms with Crippen LogP contribution < -0.4 is 5.32 Å². The van der Waals surface area contributed by atoms with E-state index in [1.165, 1.54) is 6.42 Å². The van der Waals surface area contributed by atoms with Crippen LogP contribution in [0.15, 0.2) is 0 Å². The fraction of sp³-hybridized carbons (Fsp3) is 1.00. The molecule has 1 rings (SSSR count). The van der Waals surface area contributed by atoms with E-state index in [1.807, 2.05) is 0 Å². The highest BCUT2D eigenvalue weighted by molar-refractivity contribution is 4.89. The van der Waals surface area contributed by atoms with Crippen LogP contribution in [0.2, 0.25) is 0 Å². The van der Waals surface area contributed by atoms with Crippen LogP contribution in [0.5, 0.6) is 0 Å². The molecule has 0 aromatic heterocycles. The van der Waals surface area contributed by atoms with Gasteiger partial charge >= 0.3 is 0 Å². The molecule has 0 amide bonds. The van der Waals surface area contributed by atoms with Crippen molar-refractivity contribution in [3.05, 3.63) is 0 Å². The van der Waals surface area contributed by atoms with Crippen molar-refractivity contribution in [1.82, 2.24) is 5.32 Å². The molecule has 2 N–H and O–H groups in total. The van der Waals surface area contributed by atoms with E-state index >= 15 is 0 Å². The van der Waals surface area contributed by atoms with Gasteiger partial charge in [0.15, 0.2) is 0 Å². The van der Waals surface area contributed by atoms with Crippen LogP contribution in [0.1, 0.15) is 27.2 Å². The Bertz CT molecular complexity index is 128. The number of hydrogen-bond donors (Lipinski definition) is 2. The summed E-state index contributed by atoms with van der Waals surface area (Å²) in [6.45, 7) is 8.07. The summed E-state index contributed by atoms with van der Waals surface area (Å²) in [6.07, 6.45) is 1.20. The Morgan fingerprint density at radius 3 is 2.45 bits per heavy atom. The Labute approximate surface area is 69.0 Å². The highest BCUT2D eigenvalue weighted by atomic mass is 16.3. The van der Waals surface area contributed by atoms with Gasteiger partial charge in [-0.15, -0.1) is 0 Å². The van der Waals surface area contributed by atoms with Crippen LogP contribution in [-0.2, 0) is 0 Å². The molecule has 1 aliphatic rings. The molecule has 0 radical (unpaired) electrons. The van der Waals surface area contributed by atoms with Gasteiger partial charge in [-0.3, -0.25) is 0 Å². The van der Waals surface area contributed by atoms with Crippen molar-refractivity contribution in [2.75, 3.05) is 13.2 Å². The molecule has 1 fully saturated rings. The molecule has 11 heavy (non-hydrogen) atoms. The number of aliphatic hydroxyl groups excluding tert-OH is 1. The quantitative estimate of drug-likeness (QED) is 0.595. The summed E-state index contributed by atoms with van der Waals surface area (Å²) >= 11 is 0. The van der Waals surface area contributed by atoms with Gasteiger partial charge in [-0.05, 0) is 24.3 Å². The largest absolute Gasteiger partial charge is 0.395 e. The normalized spacial score (nSPS) is 32.7. The van der Waals surface area contributed by atoms with Crippen LogP contribution in [0.25, 0.3) is 0 Å².